The SMILES string of the molecule is CCOC1CC(N)(CNCc2ccc(C)o2)C1(C)C. The van der Waals surface area contributed by atoms with Gasteiger partial charge in [-0.05, 0) is 32.4 Å². The molecule has 0 saturated heterocycles. The Morgan fingerprint density at radius 3 is 2.74 bits per heavy atom. The van der Waals surface area contributed by atoms with E-state index in [2.05, 4.69) is 19.2 Å². The summed E-state index contributed by atoms with van der Waals surface area (Å²) < 4.78 is 11.3. The molecular weight excluding hydrogens is 240 g/mol. The van der Waals surface area contributed by atoms with Gasteiger partial charge in [0.1, 0.15) is 11.5 Å². The summed E-state index contributed by atoms with van der Waals surface area (Å²) in [6, 6.07) is 3.98. The number of ether oxygens (including phenoxy) is 1. The lowest BCUT2D eigenvalue weighted by Crippen LogP contribution is -2.73. The second-order valence-electron chi connectivity index (χ2n) is 6.14. The van der Waals surface area contributed by atoms with E-state index >= 15 is 0 Å². The quantitative estimate of drug-likeness (QED) is 0.829. The summed E-state index contributed by atoms with van der Waals surface area (Å²) in [6.07, 6.45) is 1.19. The van der Waals surface area contributed by atoms with Crippen LogP contribution in [0.1, 0.15) is 38.7 Å². The van der Waals surface area contributed by atoms with Gasteiger partial charge >= 0.3 is 0 Å². The molecule has 0 radical (unpaired) electrons. The van der Waals surface area contributed by atoms with Gasteiger partial charge in [-0.25, -0.2) is 0 Å². The van der Waals surface area contributed by atoms with Crippen molar-refractivity contribution in [1.82, 2.24) is 5.32 Å². The molecule has 0 aliphatic heterocycles. The average Bonchev–Trinajstić information content (AvgIpc) is 2.75. The standard InChI is InChI=1S/C15H26N2O2/c1-5-18-13-8-15(16,14(13,3)4)10-17-9-12-7-6-11(2)19-12/h6-7,13,17H,5,8-10,16H2,1-4H3. The molecule has 19 heavy (non-hydrogen) atoms. The summed E-state index contributed by atoms with van der Waals surface area (Å²) in [5, 5.41) is 3.40. The van der Waals surface area contributed by atoms with E-state index in [0.717, 1.165) is 37.6 Å². The first-order valence-electron chi connectivity index (χ1n) is 7.05. The van der Waals surface area contributed by atoms with E-state index < -0.39 is 0 Å². The van der Waals surface area contributed by atoms with Crippen molar-refractivity contribution in [3.05, 3.63) is 23.7 Å². The van der Waals surface area contributed by atoms with Crippen molar-refractivity contribution in [2.45, 2.75) is 52.3 Å². The molecule has 0 aromatic carbocycles. The number of hydrogen-bond donors (Lipinski definition) is 2. The average molecular weight is 266 g/mol. The van der Waals surface area contributed by atoms with Crippen molar-refractivity contribution in [3.8, 4) is 0 Å². The molecule has 1 heterocycles. The lowest BCUT2D eigenvalue weighted by molar-refractivity contribution is -0.148. The van der Waals surface area contributed by atoms with Gasteiger partial charge in [0.05, 0.1) is 12.6 Å². The summed E-state index contributed by atoms with van der Waals surface area (Å²) in [6.45, 7) is 10.6. The largest absolute Gasteiger partial charge is 0.465 e. The van der Waals surface area contributed by atoms with Gasteiger partial charge < -0.3 is 20.2 Å². The van der Waals surface area contributed by atoms with E-state index in [0.29, 0.717) is 0 Å². The minimum Gasteiger partial charge on any atom is -0.465 e. The lowest BCUT2D eigenvalue weighted by Gasteiger charge is -2.59. The summed E-state index contributed by atoms with van der Waals surface area (Å²) in [5.74, 6) is 1.90. The van der Waals surface area contributed by atoms with Crippen LogP contribution in [-0.4, -0.2) is 24.8 Å². The third kappa shape index (κ3) is 2.71. The third-order valence-electron chi connectivity index (χ3n) is 4.54. The molecule has 4 heteroatoms. The van der Waals surface area contributed by atoms with Crippen molar-refractivity contribution in [2.75, 3.05) is 13.2 Å². The molecule has 0 amide bonds. The highest BCUT2D eigenvalue weighted by Gasteiger charge is 2.58. The van der Waals surface area contributed by atoms with Crippen molar-refractivity contribution < 1.29 is 9.15 Å². The number of rotatable bonds is 6. The third-order valence-corrected chi connectivity index (χ3v) is 4.54. The molecule has 2 atom stereocenters. The van der Waals surface area contributed by atoms with E-state index in [4.69, 9.17) is 14.9 Å². The highest BCUT2D eigenvalue weighted by molar-refractivity contribution is 5.15. The first kappa shape index (κ1) is 14.6. The van der Waals surface area contributed by atoms with Crippen LogP contribution in [0.15, 0.2) is 16.5 Å². The molecular formula is C15H26N2O2. The molecule has 3 N–H and O–H groups in total. The number of aryl methyl sites for hydroxylation is 1. The van der Waals surface area contributed by atoms with Gasteiger partial charge in [-0.1, -0.05) is 13.8 Å². The summed E-state index contributed by atoms with van der Waals surface area (Å²) in [7, 11) is 0. The fourth-order valence-electron chi connectivity index (χ4n) is 2.80. The lowest BCUT2D eigenvalue weighted by atomic mass is 9.54. The maximum Gasteiger partial charge on any atom is 0.117 e. The van der Waals surface area contributed by atoms with Gasteiger partial charge in [0, 0.05) is 24.1 Å². The van der Waals surface area contributed by atoms with E-state index in [1.54, 1.807) is 0 Å². The highest BCUT2D eigenvalue weighted by atomic mass is 16.5. The van der Waals surface area contributed by atoms with Gasteiger partial charge in [-0.3, -0.25) is 0 Å². The predicted molar refractivity (Wildman–Crippen MR) is 75.9 cm³/mol. The minimum atomic E-state index is -0.200. The van der Waals surface area contributed by atoms with Crippen molar-refractivity contribution in [1.29, 1.82) is 0 Å². The van der Waals surface area contributed by atoms with E-state index in [1.165, 1.54) is 0 Å². The molecule has 108 valence electrons. The minimum absolute atomic E-state index is 0.00902. The Bertz CT molecular complexity index is 428. The Morgan fingerprint density at radius 1 is 1.47 bits per heavy atom. The smallest absolute Gasteiger partial charge is 0.117 e. The van der Waals surface area contributed by atoms with Gasteiger partial charge in [0.2, 0.25) is 0 Å². The van der Waals surface area contributed by atoms with Gasteiger partial charge in [0.25, 0.3) is 0 Å². The van der Waals surface area contributed by atoms with Crippen LogP contribution in [0.2, 0.25) is 0 Å². The second kappa shape index (κ2) is 5.27. The molecule has 1 aromatic rings. The van der Waals surface area contributed by atoms with Crippen molar-refractivity contribution in [3.63, 3.8) is 0 Å². The zero-order valence-electron chi connectivity index (χ0n) is 12.5. The number of nitrogens with two attached hydrogens (primary N) is 1. The van der Waals surface area contributed by atoms with Crippen LogP contribution >= 0.6 is 0 Å². The highest BCUT2D eigenvalue weighted by Crippen LogP contribution is 2.49. The van der Waals surface area contributed by atoms with Crippen LogP contribution in [0.4, 0.5) is 0 Å². The molecule has 2 unspecified atom stereocenters. The zero-order valence-corrected chi connectivity index (χ0v) is 12.5. The fraction of sp³-hybridized carbons (Fsp3) is 0.733. The van der Waals surface area contributed by atoms with Crippen LogP contribution in [0.5, 0.6) is 0 Å². The molecule has 0 spiro atoms. The van der Waals surface area contributed by atoms with Crippen LogP contribution in [0.25, 0.3) is 0 Å². The Hall–Kier alpha value is -0.840. The topological polar surface area (TPSA) is 60.4 Å². The maximum absolute atomic E-state index is 6.50. The second-order valence-corrected chi connectivity index (χ2v) is 6.14. The fourth-order valence-corrected chi connectivity index (χ4v) is 2.80. The van der Waals surface area contributed by atoms with Crippen LogP contribution in [0.3, 0.4) is 0 Å². The van der Waals surface area contributed by atoms with Crippen LogP contribution < -0.4 is 11.1 Å². The molecule has 1 aliphatic rings. The predicted octanol–water partition coefficient (Wildman–Crippen LogP) is 2.21. The number of hydrogen-bond acceptors (Lipinski definition) is 4. The maximum atomic E-state index is 6.50. The van der Waals surface area contributed by atoms with E-state index in [9.17, 15) is 0 Å². The van der Waals surface area contributed by atoms with Crippen LogP contribution in [-0.2, 0) is 11.3 Å². The van der Waals surface area contributed by atoms with Crippen LogP contribution in [0, 0.1) is 12.3 Å². The molecule has 2 rings (SSSR count). The zero-order chi connectivity index (χ0) is 14.1. The van der Waals surface area contributed by atoms with Crippen molar-refractivity contribution in [2.24, 2.45) is 11.1 Å². The Labute approximate surface area is 115 Å². The summed E-state index contributed by atoms with van der Waals surface area (Å²) >= 11 is 0. The normalized spacial score (nSPS) is 29.2. The summed E-state index contributed by atoms with van der Waals surface area (Å²) in [5.41, 5.74) is 6.31. The number of furan rings is 1. The molecule has 1 aromatic heterocycles. The van der Waals surface area contributed by atoms with Gasteiger partial charge in [0.15, 0.2) is 0 Å². The Balaban J connectivity index is 1.83. The molecule has 1 aliphatic carbocycles. The monoisotopic (exact) mass is 266 g/mol. The molecule has 0 bridgehead atoms. The molecule has 1 fully saturated rings. The Morgan fingerprint density at radius 2 is 2.21 bits per heavy atom. The number of nitrogens with one attached hydrogen (secondary N) is 1. The first-order chi connectivity index (χ1) is 8.89. The van der Waals surface area contributed by atoms with E-state index in [1.807, 2.05) is 26.0 Å². The Kier molecular flexibility index (Phi) is 4.04. The van der Waals surface area contributed by atoms with E-state index in [-0.39, 0.29) is 17.1 Å². The first-order valence-corrected chi connectivity index (χ1v) is 7.05. The van der Waals surface area contributed by atoms with Gasteiger partial charge in [-0.2, -0.15) is 0 Å². The molecule has 4 nitrogen and oxygen atoms in total. The van der Waals surface area contributed by atoms with Gasteiger partial charge in [-0.15, -0.1) is 0 Å². The summed E-state index contributed by atoms with van der Waals surface area (Å²) in [4.78, 5) is 0. The molecule has 1 saturated carbocycles. The van der Waals surface area contributed by atoms with Crippen molar-refractivity contribution >= 4 is 0 Å².